The van der Waals surface area contributed by atoms with Gasteiger partial charge in [-0.1, -0.05) is 44.2 Å². The second-order valence-corrected chi connectivity index (χ2v) is 7.15. The maximum Gasteiger partial charge on any atom is 0.232 e. The first kappa shape index (κ1) is 17.9. The van der Waals surface area contributed by atoms with Crippen LogP contribution >= 0.6 is 0 Å². The van der Waals surface area contributed by atoms with Crippen LogP contribution in [0.1, 0.15) is 38.7 Å². The van der Waals surface area contributed by atoms with Crippen molar-refractivity contribution in [3.63, 3.8) is 0 Å². The van der Waals surface area contributed by atoms with Gasteiger partial charge < -0.3 is 15.1 Å². The summed E-state index contributed by atoms with van der Waals surface area (Å²) in [6.45, 7) is 8.25. The summed E-state index contributed by atoms with van der Waals surface area (Å²) in [5.41, 5.74) is 0.420. The lowest BCUT2D eigenvalue weighted by Gasteiger charge is -2.29. The fraction of sp³-hybridized carbons (Fsp3) is 0.600. The summed E-state index contributed by atoms with van der Waals surface area (Å²) in [4.78, 5) is 29.6. The fourth-order valence-electron chi connectivity index (χ4n) is 4.28. The van der Waals surface area contributed by atoms with Crippen molar-refractivity contribution in [3.8, 4) is 0 Å². The fourth-order valence-corrected chi connectivity index (χ4v) is 4.28. The zero-order valence-corrected chi connectivity index (χ0v) is 15.3. The zero-order chi connectivity index (χ0) is 17.9. The molecule has 0 radical (unpaired) electrons. The minimum Gasteiger partial charge on any atom is -0.354 e. The van der Waals surface area contributed by atoms with E-state index in [1.165, 1.54) is 0 Å². The number of hydrogen-bond acceptors (Lipinski definition) is 3. The third kappa shape index (κ3) is 3.43. The molecule has 2 aliphatic heterocycles. The van der Waals surface area contributed by atoms with Gasteiger partial charge in [-0.3, -0.25) is 9.59 Å². The monoisotopic (exact) mass is 343 g/mol. The SMILES string of the molecule is CCN(CC)CCNC(=O)[C@@]1(c2ccccc2)C[C@@H]2CCC(=O)N2C1. The van der Waals surface area contributed by atoms with E-state index in [4.69, 9.17) is 0 Å². The van der Waals surface area contributed by atoms with Gasteiger partial charge in [0, 0.05) is 32.1 Å². The van der Waals surface area contributed by atoms with Gasteiger partial charge in [-0.15, -0.1) is 0 Å². The van der Waals surface area contributed by atoms with Gasteiger partial charge in [0.1, 0.15) is 0 Å². The Hall–Kier alpha value is -1.88. The number of benzene rings is 1. The Labute approximate surface area is 150 Å². The Morgan fingerprint density at radius 3 is 2.64 bits per heavy atom. The molecule has 1 aromatic rings. The Morgan fingerprint density at radius 2 is 2.00 bits per heavy atom. The summed E-state index contributed by atoms with van der Waals surface area (Å²) in [6, 6.07) is 10.2. The van der Waals surface area contributed by atoms with Crippen LogP contribution in [-0.2, 0) is 15.0 Å². The predicted octanol–water partition coefficient (Wildman–Crippen LogP) is 1.78. The van der Waals surface area contributed by atoms with E-state index in [2.05, 4.69) is 24.1 Å². The van der Waals surface area contributed by atoms with Crippen molar-refractivity contribution in [2.24, 2.45) is 0 Å². The molecule has 2 amide bonds. The van der Waals surface area contributed by atoms with Crippen LogP contribution in [0.15, 0.2) is 30.3 Å². The van der Waals surface area contributed by atoms with Gasteiger partial charge in [0.25, 0.3) is 0 Å². The third-order valence-electron chi connectivity index (χ3n) is 5.85. The van der Waals surface area contributed by atoms with E-state index in [0.717, 1.165) is 38.0 Å². The predicted molar refractivity (Wildman–Crippen MR) is 98.3 cm³/mol. The van der Waals surface area contributed by atoms with Crippen molar-refractivity contribution in [1.29, 1.82) is 0 Å². The molecule has 0 aliphatic carbocycles. The summed E-state index contributed by atoms with van der Waals surface area (Å²) >= 11 is 0. The number of fused-ring (bicyclic) bond motifs is 1. The quantitative estimate of drug-likeness (QED) is 0.821. The highest BCUT2D eigenvalue weighted by molar-refractivity contribution is 5.91. The van der Waals surface area contributed by atoms with E-state index in [-0.39, 0.29) is 17.9 Å². The lowest BCUT2D eigenvalue weighted by molar-refractivity contribution is -0.129. The van der Waals surface area contributed by atoms with Gasteiger partial charge in [-0.25, -0.2) is 0 Å². The molecule has 1 N–H and O–H groups in total. The van der Waals surface area contributed by atoms with Crippen LogP contribution in [0.25, 0.3) is 0 Å². The van der Waals surface area contributed by atoms with Crippen molar-refractivity contribution >= 4 is 11.8 Å². The number of carbonyl (C=O) groups excluding carboxylic acids is 2. The largest absolute Gasteiger partial charge is 0.354 e. The average molecular weight is 343 g/mol. The van der Waals surface area contributed by atoms with Crippen LogP contribution in [0.2, 0.25) is 0 Å². The highest BCUT2D eigenvalue weighted by Gasteiger charge is 2.53. The second kappa shape index (κ2) is 7.56. The Balaban J connectivity index is 1.76. The molecule has 2 fully saturated rings. The first-order valence-corrected chi connectivity index (χ1v) is 9.46. The summed E-state index contributed by atoms with van der Waals surface area (Å²) in [6.07, 6.45) is 2.24. The maximum absolute atomic E-state index is 13.2. The highest BCUT2D eigenvalue weighted by Crippen LogP contribution is 2.42. The van der Waals surface area contributed by atoms with Gasteiger partial charge in [0.2, 0.25) is 11.8 Å². The van der Waals surface area contributed by atoms with Crippen molar-refractivity contribution in [2.45, 2.75) is 44.6 Å². The molecular weight excluding hydrogens is 314 g/mol. The van der Waals surface area contributed by atoms with Crippen molar-refractivity contribution < 1.29 is 9.59 Å². The van der Waals surface area contributed by atoms with E-state index in [1.807, 2.05) is 35.2 Å². The Morgan fingerprint density at radius 1 is 1.28 bits per heavy atom. The van der Waals surface area contributed by atoms with Crippen LogP contribution in [0, 0.1) is 0 Å². The molecule has 0 spiro atoms. The molecule has 2 heterocycles. The minimum atomic E-state index is -0.606. The van der Waals surface area contributed by atoms with E-state index >= 15 is 0 Å². The molecule has 2 saturated heterocycles. The first-order valence-electron chi connectivity index (χ1n) is 9.46. The van der Waals surface area contributed by atoms with Crippen LogP contribution in [0.5, 0.6) is 0 Å². The topological polar surface area (TPSA) is 52.7 Å². The molecule has 2 aliphatic rings. The van der Waals surface area contributed by atoms with Gasteiger partial charge in [-0.2, -0.15) is 0 Å². The average Bonchev–Trinajstić information content (AvgIpc) is 3.19. The number of rotatable bonds is 7. The number of hydrogen-bond donors (Lipinski definition) is 1. The molecular formula is C20H29N3O2. The molecule has 0 saturated carbocycles. The van der Waals surface area contributed by atoms with E-state index in [9.17, 15) is 9.59 Å². The lowest BCUT2D eigenvalue weighted by atomic mass is 9.77. The first-order chi connectivity index (χ1) is 12.1. The number of nitrogens with zero attached hydrogens (tertiary/aromatic N) is 2. The normalized spacial score (nSPS) is 25.5. The molecule has 25 heavy (non-hydrogen) atoms. The molecule has 5 nitrogen and oxygen atoms in total. The molecule has 5 heteroatoms. The molecule has 136 valence electrons. The third-order valence-corrected chi connectivity index (χ3v) is 5.85. The van der Waals surface area contributed by atoms with Gasteiger partial charge in [0.15, 0.2) is 0 Å². The standard InChI is InChI=1S/C20H29N3O2/c1-3-22(4-2)13-12-21-19(25)20(16-8-6-5-7-9-16)14-17-10-11-18(24)23(17)15-20/h5-9,17H,3-4,10-15H2,1-2H3,(H,21,25)/t17-,20-/m0/s1. The number of carbonyl (C=O) groups is 2. The lowest BCUT2D eigenvalue weighted by Crippen LogP contribution is -2.48. The van der Waals surface area contributed by atoms with Crippen LogP contribution < -0.4 is 5.32 Å². The molecule has 0 unspecified atom stereocenters. The van der Waals surface area contributed by atoms with Crippen molar-refractivity contribution in [1.82, 2.24) is 15.1 Å². The smallest absolute Gasteiger partial charge is 0.232 e. The molecule has 2 atom stereocenters. The molecule has 0 bridgehead atoms. The van der Waals surface area contributed by atoms with Crippen molar-refractivity contribution in [2.75, 3.05) is 32.7 Å². The number of amides is 2. The summed E-state index contributed by atoms with van der Waals surface area (Å²) in [7, 11) is 0. The zero-order valence-electron chi connectivity index (χ0n) is 15.3. The van der Waals surface area contributed by atoms with E-state index < -0.39 is 5.41 Å². The van der Waals surface area contributed by atoms with E-state index in [1.54, 1.807) is 0 Å². The van der Waals surface area contributed by atoms with Gasteiger partial charge >= 0.3 is 0 Å². The minimum absolute atomic E-state index is 0.0630. The van der Waals surface area contributed by atoms with Crippen LogP contribution in [0.3, 0.4) is 0 Å². The van der Waals surface area contributed by atoms with Gasteiger partial charge in [0.05, 0.1) is 5.41 Å². The van der Waals surface area contributed by atoms with Crippen LogP contribution in [0.4, 0.5) is 0 Å². The van der Waals surface area contributed by atoms with Gasteiger partial charge in [-0.05, 0) is 31.5 Å². The summed E-state index contributed by atoms with van der Waals surface area (Å²) < 4.78 is 0. The maximum atomic E-state index is 13.2. The Kier molecular flexibility index (Phi) is 5.42. The highest BCUT2D eigenvalue weighted by atomic mass is 16.2. The number of likely N-dealkylation sites (N-methyl/N-ethyl adjacent to an activating group) is 1. The second-order valence-electron chi connectivity index (χ2n) is 7.15. The van der Waals surface area contributed by atoms with Crippen LogP contribution in [-0.4, -0.2) is 60.4 Å². The van der Waals surface area contributed by atoms with Crippen molar-refractivity contribution in [3.05, 3.63) is 35.9 Å². The molecule has 1 aromatic carbocycles. The Bertz CT molecular complexity index is 615. The summed E-state index contributed by atoms with van der Waals surface area (Å²) in [5.74, 6) is 0.256. The van der Waals surface area contributed by atoms with E-state index in [0.29, 0.717) is 19.5 Å². The molecule has 0 aromatic heterocycles. The number of nitrogens with one attached hydrogen (secondary N) is 1. The summed E-state index contributed by atoms with van der Waals surface area (Å²) in [5, 5.41) is 3.15. The molecule has 3 rings (SSSR count).